The number of benzene rings is 1. The van der Waals surface area contributed by atoms with Gasteiger partial charge in [-0.1, -0.05) is 57.6 Å². The number of carbonyl (C=O) groups is 1. The predicted octanol–water partition coefficient (Wildman–Crippen LogP) is 3.81. The van der Waals surface area contributed by atoms with Crippen LogP contribution in [-0.2, 0) is 0 Å². The van der Waals surface area contributed by atoms with E-state index in [4.69, 9.17) is 11.6 Å². The summed E-state index contributed by atoms with van der Waals surface area (Å²) in [6.07, 6.45) is 0. The number of rotatable bonds is 3. The molecule has 0 aromatic heterocycles. The summed E-state index contributed by atoms with van der Waals surface area (Å²) in [5.74, 6) is -0.0621. The Morgan fingerprint density at radius 2 is 1.89 bits per heavy atom. The fourth-order valence-corrected chi connectivity index (χ4v) is 4.46. The maximum atomic E-state index is 12.3. The normalized spacial score (nSPS) is 12.4. The minimum Gasteiger partial charge on any atom is -0.352 e. The van der Waals surface area contributed by atoms with E-state index >= 15 is 0 Å². The highest BCUT2D eigenvalue weighted by molar-refractivity contribution is 6.93. The Balaban J connectivity index is 3.45. The predicted molar refractivity (Wildman–Crippen MR) is 86.3 cm³/mol. The molecule has 0 saturated carbocycles. The number of hydrogen-bond acceptors (Lipinski definition) is 1. The van der Waals surface area contributed by atoms with Gasteiger partial charge in [0.25, 0.3) is 5.91 Å². The Morgan fingerprint density at radius 1 is 1.32 bits per heavy atom. The van der Waals surface area contributed by atoms with Crippen molar-refractivity contribution >= 4 is 30.8 Å². The first-order valence-corrected chi connectivity index (χ1v) is 10.1. The van der Waals surface area contributed by atoms with Crippen LogP contribution in [0.15, 0.2) is 18.2 Å². The van der Waals surface area contributed by atoms with Crippen LogP contribution in [0.5, 0.6) is 0 Å². The summed E-state index contributed by atoms with van der Waals surface area (Å²) >= 11 is 6.28. The summed E-state index contributed by atoms with van der Waals surface area (Å²) in [4.78, 5) is 12.3. The van der Waals surface area contributed by atoms with Crippen molar-refractivity contribution in [1.82, 2.24) is 5.32 Å². The van der Waals surface area contributed by atoms with Gasteiger partial charge in [-0.3, -0.25) is 4.79 Å². The molecule has 19 heavy (non-hydrogen) atoms. The molecule has 1 aromatic rings. The summed E-state index contributed by atoms with van der Waals surface area (Å²) in [5, 5.41) is 4.72. The Morgan fingerprint density at radius 3 is 2.37 bits per heavy atom. The number of hydrogen-bond donors (Lipinski definition) is 1. The summed E-state index contributed by atoms with van der Waals surface area (Å²) in [6, 6.07) is 5.80. The summed E-state index contributed by atoms with van der Waals surface area (Å²) in [7, 11) is -1.79. The number of amides is 1. The van der Waals surface area contributed by atoms with Gasteiger partial charge >= 0.3 is 0 Å². The fraction of sp³-hybridized carbons (Fsp3) is 0.533. The van der Waals surface area contributed by atoms with Crippen LogP contribution in [0.25, 0.3) is 0 Å². The molecule has 0 atom stereocenters. The van der Waals surface area contributed by atoms with Crippen LogP contribution >= 0.6 is 11.6 Å². The monoisotopic (exact) mass is 297 g/mol. The van der Waals surface area contributed by atoms with Crippen LogP contribution in [0.2, 0.25) is 23.2 Å². The average Bonchev–Trinajstić information content (AvgIpc) is 2.27. The molecule has 0 aliphatic carbocycles. The molecule has 1 amide bonds. The molecule has 0 fully saturated rings. The molecule has 1 N–H and O–H groups in total. The second kappa shape index (κ2) is 5.67. The minimum absolute atomic E-state index is 0.0621. The van der Waals surface area contributed by atoms with Gasteiger partial charge in [-0.05, 0) is 23.2 Å². The SMILES string of the molecule is CCNC(=O)c1c(Cl)cccc1[Si](C)(C)C(C)(C)C. The third kappa shape index (κ3) is 3.21. The highest BCUT2D eigenvalue weighted by Crippen LogP contribution is 2.36. The zero-order chi connectivity index (χ0) is 14.8. The van der Waals surface area contributed by atoms with Crippen molar-refractivity contribution in [2.45, 2.75) is 45.8 Å². The second-order valence-corrected chi connectivity index (χ2v) is 12.1. The highest BCUT2D eigenvalue weighted by Gasteiger charge is 2.39. The van der Waals surface area contributed by atoms with Gasteiger partial charge in [-0.2, -0.15) is 0 Å². The van der Waals surface area contributed by atoms with Crippen molar-refractivity contribution in [3.05, 3.63) is 28.8 Å². The topological polar surface area (TPSA) is 29.1 Å². The molecule has 0 unspecified atom stereocenters. The van der Waals surface area contributed by atoms with Crippen molar-refractivity contribution < 1.29 is 4.79 Å². The van der Waals surface area contributed by atoms with Crippen LogP contribution in [0, 0.1) is 0 Å². The molecule has 0 saturated heterocycles. The minimum atomic E-state index is -1.79. The molecular formula is C15H24ClNOSi. The van der Waals surface area contributed by atoms with Gasteiger partial charge in [0.1, 0.15) is 0 Å². The quantitative estimate of drug-likeness (QED) is 0.845. The van der Waals surface area contributed by atoms with Gasteiger partial charge in [0.05, 0.1) is 18.7 Å². The smallest absolute Gasteiger partial charge is 0.252 e. The zero-order valence-corrected chi connectivity index (χ0v) is 14.5. The van der Waals surface area contributed by atoms with E-state index in [-0.39, 0.29) is 10.9 Å². The lowest BCUT2D eigenvalue weighted by Gasteiger charge is -2.38. The fourth-order valence-electron chi connectivity index (χ4n) is 1.93. The third-order valence-corrected chi connectivity index (χ3v) is 9.95. The van der Waals surface area contributed by atoms with E-state index in [9.17, 15) is 4.79 Å². The van der Waals surface area contributed by atoms with Crippen molar-refractivity contribution in [3.8, 4) is 0 Å². The van der Waals surface area contributed by atoms with Crippen molar-refractivity contribution in [1.29, 1.82) is 0 Å². The van der Waals surface area contributed by atoms with Crippen LogP contribution in [0.4, 0.5) is 0 Å². The molecule has 0 aliphatic heterocycles. The van der Waals surface area contributed by atoms with Crippen LogP contribution in [0.3, 0.4) is 0 Å². The van der Waals surface area contributed by atoms with E-state index in [1.807, 2.05) is 13.0 Å². The van der Waals surface area contributed by atoms with Gasteiger partial charge in [0, 0.05) is 6.54 Å². The standard InChI is InChI=1S/C15H24ClNOSi/c1-7-17-14(18)13-11(16)9-8-10-12(13)19(5,6)15(2,3)4/h8-10H,7H2,1-6H3,(H,17,18). The molecule has 0 bridgehead atoms. The summed E-state index contributed by atoms with van der Waals surface area (Å²) in [5.41, 5.74) is 0.664. The molecular weight excluding hydrogens is 274 g/mol. The largest absolute Gasteiger partial charge is 0.352 e. The number of nitrogens with one attached hydrogen (secondary N) is 1. The molecule has 106 valence electrons. The van der Waals surface area contributed by atoms with E-state index in [2.05, 4.69) is 45.2 Å². The van der Waals surface area contributed by atoms with Gasteiger partial charge in [-0.15, -0.1) is 0 Å². The van der Waals surface area contributed by atoms with Crippen LogP contribution in [-0.4, -0.2) is 20.5 Å². The summed E-state index contributed by atoms with van der Waals surface area (Å²) < 4.78 is 0. The molecule has 1 aromatic carbocycles. The van der Waals surface area contributed by atoms with E-state index < -0.39 is 8.07 Å². The third-order valence-electron chi connectivity index (χ3n) is 4.13. The Hall–Kier alpha value is -0.803. The maximum Gasteiger partial charge on any atom is 0.252 e. The first-order valence-electron chi connectivity index (χ1n) is 6.70. The first kappa shape index (κ1) is 16.3. The molecule has 0 spiro atoms. The van der Waals surface area contributed by atoms with Gasteiger partial charge in [0.2, 0.25) is 0 Å². The molecule has 1 rings (SSSR count). The van der Waals surface area contributed by atoms with E-state index in [1.165, 1.54) is 0 Å². The van der Waals surface area contributed by atoms with E-state index in [0.717, 1.165) is 5.19 Å². The first-order chi connectivity index (χ1) is 8.63. The van der Waals surface area contributed by atoms with Crippen molar-refractivity contribution in [3.63, 3.8) is 0 Å². The summed E-state index contributed by atoms with van der Waals surface area (Å²) in [6.45, 7) is 13.8. The number of carbonyl (C=O) groups excluding carboxylic acids is 1. The van der Waals surface area contributed by atoms with Crippen LogP contribution in [0.1, 0.15) is 38.1 Å². The maximum absolute atomic E-state index is 12.3. The molecule has 0 heterocycles. The van der Waals surface area contributed by atoms with Gasteiger partial charge in [-0.25, -0.2) is 0 Å². The van der Waals surface area contributed by atoms with Crippen LogP contribution < -0.4 is 10.5 Å². The van der Waals surface area contributed by atoms with Gasteiger partial charge < -0.3 is 5.32 Å². The molecule has 2 nitrogen and oxygen atoms in total. The Kier molecular flexibility index (Phi) is 4.85. The average molecular weight is 298 g/mol. The van der Waals surface area contributed by atoms with E-state index in [1.54, 1.807) is 6.07 Å². The van der Waals surface area contributed by atoms with Gasteiger partial charge in [0.15, 0.2) is 0 Å². The lowest BCUT2D eigenvalue weighted by atomic mass is 10.2. The Bertz CT molecular complexity index is 478. The highest BCUT2D eigenvalue weighted by atomic mass is 35.5. The van der Waals surface area contributed by atoms with Crippen molar-refractivity contribution in [2.75, 3.05) is 6.54 Å². The van der Waals surface area contributed by atoms with E-state index in [0.29, 0.717) is 17.1 Å². The molecule has 0 aliphatic rings. The lowest BCUT2D eigenvalue weighted by Crippen LogP contribution is -2.52. The second-order valence-electron chi connectivity index (χ2n) is 6.40. The molecule has 4 heteroatoms. The van der Waals surface area contributed by atoms with Crippen molar-refractivity contribution in [2.24, 2.45) is 0 Å². The lowest BCUT2D eigenvalue weighted by molar-refractivity contribution is 0.0957. The zero-order valence-electron chi connectivity index (χ0n) is 12.7. The Labute approximate surface area is 122 Å². The molecule has 0 radical (unpaired) electrons. The number of halogens is 1.